The van der Waals surface area contributed by atoms with Crippen LogP contribution in [-0.2, 0) is 11.9 Å². The molecule has 2 aromatic rings. The number of hydrogen-bond acceptors (Lipinski definition) is 1. The summed E-state index contributed by atoms with van der Waals surface area (Å²) < 4.78 is 12.8. The molecule has 2 aromatic carbocycles. The van der Waals surface area contributed by atoms with Gasteiger partial charge in [0.15, 0.2) is 0 Å². The Morgan fingerprint density at radius 2 is 1.84 bits per heavy atom. The maximum Gasteiger partial charge on any atom is 0.123 e. The third kappa shape index (κ3) is 3.71. The Morgan fingerprint density at radius 3 is 2.42 bits per heavy atom. The molecule has 0 amide bonds. The van der Waals surface area contributed by atoms with Gasteiger partial charge in [0, 0.05) is 29.6 Å². The molecule has 0 spiro atoms. The van der Waals surface area contributed by atoms with E-state index in [1.807, 2.05) is 25.2 Å². The predicted molar refractivity (Wildman–Crippen MR) is 82.6 cm³/mol. The summed E-state index contributed by atoms with van der Waals surface area (Å²) in [6, 6.07) is 12.5. The fraction of sp³-hybridized carbons (Fsp3) is 0.200. The number of anilines is 1. The second-order valence-corrected chi connectivity index (χ2v) is 5.36. The molecule has 0 bridgehead atoms. The Hall–Kier alpha value is -1.06. The number of alkyl halides is 1. The van der Waals surface area contributed by atoms with Crippen LogP contribution in [0.15, 0.2) is 42.5 Å². The lowest BCUT2D eigenvalue weighted by molar-refractivity contribution is 0.627. The van der Waals surface area contributed by atoms with E-state index < -0.39 is 0 Å². The molecule has 0 fully saturated rings. The van der Waals surface area contributed by atoms with Crippen LogP contribution < -0.4 is 4.90 Å². The molecule has 1 nitrogen and oxygen atoms in total. The first-order valence-corrected chi connectivity index (χ1v) is 7.40. The van der Waals surface area contributed by atoms with Crippen molar-refractivity contribution in [2.75, 3.05) is 11.9 Å². The smallest absolute Gasteiger partial charge is 0.123 e. The van der Waals surface area contributed by atoms with Crippen LogP contribution in [0.3, 0.4) is 0 Å². The molecular weight excluding hydrogens is 329 g/mol. The molecule has 0 unspecified atom stereocenters. The summed E-state index contributed by atoms with van der Waals surface area (Å²) in [7, 11) is 1.99. The Morgan fingerprint density at radius 1 is 1.16 bits per heavy atom. The van der Waals surface area contributed by atoms with Crippen LogP contribution in [0.25, 0.3) is 0 Å². The normalized spacial score (nSPS) is 10.5. The maximum absolute atomic E-state index is 12.8. The van der Waals surface area contributed by atoms with Gasteiger partial charge in [0.05, 0.1) is 0 Å². The molecule has 0 aliphatic carbocycles. The maximum atomic E-state index is 12.8. The van der Waals surface area contributed by atoms with E-state index >= 15 is 0 Å². The van der Waals surface area contributed by atoms with E-state index in [1.165, 1.54) is 12.1 Å². The van der Waals surface area contributed by atoms with Gasteiger partial charge in [-0.15, -0.1) is 0 Å². The van der Waals surface area contributed by atoms with Crippen molar-refractivity contribution in [1.29, 1.82) is 0 Å². The van der Waals surface area contributed by atoms with Gasteiger partial charge in [0.2, 0.25) is 0 Å². The van der Waals surface area contributed by atoms with E-state index in [4.69, 9.17) is 11.6 Å². The molecule has 0 saturated heterocycles. The van der Waals surface area contributed by atoms with E-state index in [0.29, 0.717) is 6.54 Å². The van der Waals surface area contributed by atoms with Crippen molar-refractivity contribution >= 4 is 33.2 Å². The van der Waals surface area contributed by atoms with Gasteiger partial charge in [-0.05, 0) is 35.4 Å². The van der Waals surface area contributed by atoms with E-state index in [-0.39, 0.29) is 5.82 Å². The number of halogens is 3. The SMILES string of the molecule is CN(Cc1ccc(F)cc1)c1ccc(CBr)c(Cl)c1. The minimum absolute atomic E-state index is 0.212. The highest BCUT2D eigenvalue weighted by atomic mass is 79.9. The third-order valence-electron chi connectivity index (χ3n) is 2.95. The minimum atomic E-state index is -0.212. The van der Waals surface area contributed by atoms with Crippen LogP contribution >= 0.6 is 27.5 Å². The van der Waals surface area contributed by atoms with Crippen molar-refractivity contribution in [2.24, 2.45) is 0 Å². The molecule has 0 radical (unpaired) electrons. The van der Waals surface area contributed by atoms with Crippen LogP contribution in [0.2, 0.25) is 5.02 Å². The van der Waals surface area contributed by atoms with Crippen molar-refractivity contribution in [2.45, 2.75) is 11.9 Å². The van der Waals surface area contributed by atoms with Gasteiger partial charge in [-0.25, -0.2) is 4.39 Å². The highest BCUT2D eigenvalue weighted by Crippen LogP contribution is 2.25. The molecule has 0 aliphatic rings. The molecular formula is C15H14BrClFN. The Bertz CT molecular complexity index is 557. The van der Waals surface area contributed by atoms with Crippen molar-refractivity contribution in [3.8, 4) is 0 Å². The number of benzene rings is 2. The predicted octanol–water partition coefficient (Wildman–Crippen LogP) is 5.01. The van der Waals surface area contributed by atoms with E-state index in [2.05, 4.69) is 20.8 Å². The fourth-order valence-corrected chi connectivity index (χ4v) is 2.73. The lowest BCUT2D eigenvalue weighted by atomic mass is 10.2. The third-order valence-corrected chi connectivity index (χ3v) is 3.91. The number of nitrogens with zero attached hydrogens (tertiary/aromatic N) is 1. The van der Waals surface area contributed by atoms with E-state index in [0.717, 1.165) is 27.2 Å². The summed E-state index contributed by atoms with van der Waals surface area (Å²) in [6.07, 6.45) is 0. The van der Waals surface area contributed by atoms with Crippen molar-refractivity contribution in [3.63, 3.8) is 0 Å². The first kappa shape index (κ1) is 14.4. The average Bonchev–Trinajstić information content (AvgIpc) is 2.41. The van der Waals surface area contributed by atoms with E-state index in [9.17, 15) is 4.39 Å². The van der Waals surface area contributed by atoms with Gasteiger partial charge >= 0.3 is 0 Å². The zero-order valence-corrected chi connectivity index (χ0v) is 12.9. The van der Waals surface area contributed by atoms with Gasteiger partial charge in [-0.2, -0.15) is 0 Å². The Labute approximate surface area is 126 Å². The Balaban J connectivity index is 2.13. The average molecular weight is 343 g/mol. The van der Waals surface area contributed by atoms with Crippen LogP contribution in [0.4, 0.5) is 10.1 Å². The molecule has 0 N–H and O–H groups in total. The zero-order valence-electron chi connectivity index (χ0n) is 10.5. The number of rotatable bonds is 4. The minimum Gasteiger partial charge on any atom is -0.370 e. The second-order valence-electron chi connectivity index (χ2n) is 4.39. The first-order chi connectivity index (χ1) is 9.10. The summed E-state index contributed by atoms with van der Waals surface area (Å²) in [6.45, 7) is 0.713. The largest absolute Gasteiger partial charge is 0.370 e. The molecule has 0 saturated carbocycles. The van der Waals surface area contributed by atoms with Crippen LogP contribution in [0.1, 0.15) is 11.1 Å². The van der Waals surface area contributed by atoms with Crippen LogP contribution in [0.5, 0.6) is 0 Å². The fourth-order valence-electron chi connectivity index (χ4n) is 1.84. The van der Waals surface area contributed by atoms with Crippen molar-refractivity contribution in [1.82, 2.24) is 0 Å². The van der Waals surface area contributed by atoms with E-state index in [1.54, 1.807) is 12.1 Å². The van der Waals surface area contributed by atoms with Gasteiger partial charge in [-0.3, -0.25) is 0 Å². The molecule has 100 valence electrons. The molecule has 0 aromatic heterocycles. The van der Waals surface area contributed by atoms with Gasteiger partial charge < -0.3 is 4.90 Å². The lowest BCUT2D eigenvalue weighted by Crippen LogP contribution is -2.16. The summed E-state index contributed by atoms with van der Waals surface area (Å²) in [4.78, 5) is 2.08. The first-order valence-electron chi connectivity index (χ1n) is 5.90. The molecule has 2 rings (SSSR count). The van der Waals surface area contributed by atoms with Crippen molar-refractivity contribution in [3.05, 3.63) is 64.4 Å². The topological polar surface area (TPSA) is 3.24 Å². The molecule has 0 heterocycles. The molecule has 19 heavy (non-hydrogen) atoms. The number of hydrogen-bond donors (Lipinski definition) is 0. The standard InChI is InChI=1S/C15H14BrClFN/c1-19(10-11-2-5-13(18)6-3-11)14-7-4-12(9-16)15(17)8-14/h2-8H,9-10H2,1H3. The quantitative estimate of drug-likeness (QED) is 0.706. The van der Waals surface area contributed by atoms with Gasteiger partial charge in [-0.1, -0.05) is 45.7 Å². The summed E-state index contributed by atoms with van der Waals surface area (Å²) in [5, 5.41) is 1.49. The molecule has 0 atom stereocenters. The highest BCUT2D eigenvalue weighted by Gasteiger charge is 2.06. The van der Waals surface area contributed by atoms with Crippen LogP contribution in [-0.4, -0.2) is 7.05 Å². The Kier molecular flexibility index (Phi) is 4.83. The molecule has 4 heteroatoms. The van der Waals surface area contributed by atoms with Crippen LogP contribution in [0, 0.1) is 5.82 Å². The summed E-state index contributed by atoms with van der Waals surface area (Å²) in [5.41, 5.74) is 3.17. The van der Waals surface area contributed by atoms with Gasteiger partial charge in [0.1, 0.15) is 5.82 Å². The van der Waals surface area contributed by atoms with Gasteiger partial charge in [0.25, 0.3) is 0 Å². The summed E-state index contributed by atoms with van der Waals surface area (Å²) >= 11 is 9.59. The van der Waals surface area contributed by atoms with Crippen molar-refractivity contribution < 1.29 is 4.39 Å². The monoisotopic (exact) mass is 341 g/mol. The summed E-state index contributed by atoms with van der Waals surface area (Å²) in [5.74, 6) is -0.212. The lowest BCUT2D eigenvalue weighted by Gasteiger charge is -2.20. The molecule has 0 aliphatic heterocycles. The zero-order chi connectivity index (χ0) is 13.8. The second kappa shape index (κ2) is 6.40. The highest BCUT2D eigenvalue weighted by molar-refractivity contribution is 9.08.